The lowest BCUT2D eigenvalue weighted by Gasteiger charge is -2.29. The lowest BCUT2D eigenvalue weighted by atomic mass is 9.90. The maximum atomic E-state index is 13.9. The number of hydrogen-bond donors (Lipinski definition) is 0. The molecular weight excluding hydrogens is 476 g/mol. The van der Waals surface area contributed by atoms with Crippen molar-refractivity contribution in [3.8, 4) is 23.0 Å². The second kappa shape index (κ2) is 10.0. The van der Waals surface area contributed by atoms with Crippen LogP contribution in [0.4, 0.5) is 11.4 Å². The van der Waals surface area contributed by atoms with Crippen LogP contribution in [0.1, 0.15) is 18.5 Å². The Bertz CT molecular complexity index is 1270. The third kappa shape index (κ3) is 4.11. The number of nitrogens with zero attached hydrogens (tertiary/aromatic N) is 2. The zero-order chi connectivity index (χ0) is 26.1. The standard InChI is InChI=1S/C28H28N2O7/c1-5-36-20-13-11-18(12-14-20)29-27(31)23-24(17-15-21(33-2)25(35-4)22(16-17)34-3)30(37-26(23)28(29)32)19-9-7-6-8-10-19/h6-16,23-24,26H,5H2,1-4H3/t23-,24+,26-/m1/s1. The van der Waals surface area contributed by atoms with Crippen molar-refractivity contribution in [1.29, 1.82) is 0 Å². The van der Waals surface area contributed by atoms with E-state index in [2.05, 4.69) is 0 Å². The van der Waals surface area contributed by atoms with Crippen LogP contribution in [-0.4, -0.2) is 45.9 Å². The number of imide groups is 1. The molecule has 0 saturated carbocycles. The molecule has 0 bridgehead atoms. The van der Waals surface area contributed by atoms with Gasteiger partial charge in [0.25, 0.3) is 5.91 Å². The molecule has 0 N–H and O–H groups in total. The van der Waals surface area contributed by atoms with E-state index < -0.39 is 24.0 Å². The van der Waals surface area contributed by atoms with Gasteiger partial charge in [-0.25, -0.2) is 9.96 Å². The summed E-state index contributed by atoms with van der Waals surface area (Å²) in [7, 11) is 4.59. The van der Waals surface area contributed by atoms with E-state index in [9.17, 15) is 9.59 Å². The number of benzene rings is 3. The smallest absolute Gasteiger partial charge is 0.266 e. The molecule has 5 rings (SSSR count). The average molecular weight is 505 g/mol. The van der Waals surface area contributed by atoms with E-state index in [1.54, 1.807) is 41.5 Å². The molecule has 0 aliphatic carbocycles. The van der Waals surface area contributed by atoms with Crippen molar-refractivity contribution >= 4 is 23.2 Å². The normalized spacial score (nSPS) is 20.7. The van der Waals surface area contributed by atoms with E-state index in [0.717, 1.165) is 0 Å². The number of carbonyl (C=O) groups excluding carboxylic acids is 2. The minimum absolute atomic E-state index is 0.351. The highest BCUT2D eigenvalue weighted by Gasteiger charge is 2.60. The third-order valence-electron chi connectivity index (χ3n) is 6.56. The summed E-state index contributed by atoms with van der Waals surface area (Å²) in [6, 6.07) is 19.2. The van der Waals surface area contributed by atoms with Crippen LogP contribution in [-0.2, 0) is 14.4 Å². The first-order valence-electron chi connectivity index (χ1n) is 11.9. The fourth-order valence-corrected chi connectivity index (χ4v) is 4.94. The zero-order valence-electron chi connectivity index (χ0n) is 21.0. The monoisotopic (exact) mass is 504 g/mol. The number of anilines is 2. The Labute approximate surface area is 215 Å². The number of ether oxygens (including phenoxy) is 4. The summed E-state index contributed by atoms with van der Waals surface area (Å²) >= 11 is 0. The summed E-state index contributed by atoms with van der Waals surface area (Å²) in [6.45, 7) is 2.41. The Balaban J connectivity index is 1.59. The highest BCUT2D eigenvalue weighted by Crippen LogP contribution is 2.50. The van der Waals surface area contributed by atoms with Crippen molar-refractivity contribution in [3.05, 3.63) is 72.3 Å². The third-order valence-corrected chi connectivity index (χ3v) is 6.56. The SMILES string of the molecule is CCOc1ccc(N2C(=O)[C@H]3[C@@H](ON(c4ccccc4)[C@H]3c3cc(OC)c(OC)c(OC)c3)C2=O)cc1. The molecule has 192 valence electrons. The molecule has 9 heteroatoms. The van der Waals surface area contributed by atoms with Crippen LogP contribution in [0.2, 0.25) is 0 Å². The van der Waals surface area contributed by atoms with Gasteiger partial charge in [-0.2, -0.15) is 0 Å². The summed E-state index contributed by atoms with van der Waals surface area (Å²) in [5.41, 5.74) is 1.86. The largest absolute Gasteiger partial charge is 0.494 e. The molecule has 9 nitrogen and oxygen atoms in total. The molecule has 2 aliphatic rings. The van der Waals surface area contributed by atoms with Crippen LogP contribution >= 0.6 is 0 Å². The second-order valence-electron chi connectivity index (χ2n) is 8.56. The number of methoxy groups -OCH3 is 3. The highest BCUT2D eigenvalue weighted by atomic mass is 16.7. The van der Waals surface area contributed by atoms with Gasteiger partial charge in [0.1, 0.15) is 11.7 Å². The van der Waals surface area contributed by atoms with Gasteiger partial charge in [0.05, 0.1) is 45.4 Å². The molecule has 0 spiro atoms. The van der Waals surface area contributed by atoms with Gasteiger partial charge in [-0.3, -0.25) is 14.4 Å². The van der Waals surface area contributed by atoms with E-state index in [-0.39, 0.29) is 5.91 Å². The number of rotatable bonds is 8. The van der Waals surface area contributed by atoms with Gasteiger partial charge in [-0.1, -0.05) is 18.2 Å². The van der Waals surface area contributed by atoms with Crippen molar-refractivity contribution in [3.63, 3.8) is 0 Å². The van der Waals surface area contributed by atoms with E-state index in [0.29, 0.717) is 46.5 Å². The Kier molecular flexibility index (Phi) is 6.62. The van der Waals surface area contributed by atoms with Crippen molar-refractivity contribution in [2.75, 3.05) is 37.9 Å². The van der Waals surface area contributed by atoms with E-state index in [4.69, 9.17) is 23.8 Å². The Morgan fingerprint density at radius 2 is 1.46 bits per heavy atom. The zero-order valence-corrected chi connectivity index (χ0v) is 21.0. The lowest BCUT2D eigenvalue weighted by Crippen LogP contribution is -2.37. The number of fused-ring (bicyclic) bond motifs is 1. The fourth-order valence-electron chi connectivity index (χ4n) is 4.94. The van der Waals surface area contributed by atoms with Gasteiger partial charge < -0.3 is 18.9 Å². The molecular formula is C28H28N2O7. The molecule has 3 atom stereocenters. The van der Waals surface area contributed by atoms with Crippen LogP contribution < -0.4 is 28.9 Å². The van der Waals surface area contributed by atoms with Gasteiger partial charge in [-0.05, 0) is 61.0 Å². The number of hydrogen-bond acceptors (Lipinski definition) is 8. The second-order valence-corrected chi connectivity index (χ2v) is 8.56. The predicted octanol–water partition coefficient (Wildman–Crippen LogP) is 4.16. The number of carbonyl (C=O) groups is 2. The molecule has 2 saturated heterocycles. The van der Waals surface area contributed by atoms with Crippen LogP contribution in [0, 0.1) is 5.92 Å². The Morgan fingerprint density at radius 3 is 2.03 bits per heavy atom. The number of hydroxylamine groups is 1. The Morgan fingerprint density at radius 1 is 0.811 bits per heavy atom. The molecule has 0 aromatic heterocycles. The van der Waals surface area contributed by atoms with E-state index >= 15 is 0 Å². The van der Waals surface area contributed by atoms with E-state index in [1.165, 1.54) is 26.2 Å². The van der Waals surface area contributed by atoms with Crippen molar-refractivity contribution < 1.29 is 33.4 Å². The molecule has 0 unspecified atom stereocenters. The molecule has 3 aromatic rings. The molecule has 37 heavy (non-hydrogen) atoms. The summed E-state index contributed by atoms with van der Waals surface area (Å²) in [4.78, 5) is 34.9. The summed E-state index contributed by atoms with van der Waals surface area (Å²) in [5, 5.41) is 1.63. The first kappa shape index (κ1) is 24.5. The highest BCUT2D eigenvalue weighted by molar-refractivity contribution is 6.24. The van der Waals surface area contributed by atoms with E-state index in [1.807, 2.05) is 37.3 Å². The molecule has 2 aliphatic heterocycles. The van der Waals surface area contributed by atoms with Crippen LogP contribution in [0.3, 0.4) is 0 Å². The predicted molar refractivity (Wildman–Crippen MR) is 136 cm³/mol. The van der Waals surface area contributed by atoms with Crippen molar-refractivity contribution in [1.82, 2.24) is 0 Å². The summed E-state index contributed by atoms with van der Waals surface area (Å²) in [5.74, 6) is 0.392. The molecule has 2 heterocycles. The van der Waals surface area contributed by atoms with Gasteiger partial charge >= 0.3 is 0 Å². The molecule has 0 radical (unpaired) electrons. The average Bonchev–Trinajstić information content (AvgIpc) is 3.44. The molecule has 3 aromatic carbocycles. The maximum absolute atomic E-state index is 13.9. The van der Waals surface area contributed by atoms with Gasteiger partial charge in [0, 0.05) is 0 Å². The summed E-state index contributed by atoms with van der Waals surface area (Å²) in [6.07, 6.45) is -0.997. The van der Waals surface area contributed by atoms with Gasteiger partial charge in [0.2, 0.25) is 11.7 Å². The fraction of sp³-hybridized carbons (Fsp3) is 0.286. The minimum atomic E-state index is -0.997. The van der Waals surface area contributed by atoms with Gasteiger partial charge in [0.15, 0.2) is 17.6 Å². The van der Waals surface area contributed by atoms with Crippen molar-refractivity contribution in [2.24, 2.45) is 5.92 Å². The minimum Gasteiger partial charge on any atom is -0.494 e. The quantitative estimate of drug-likeness (QED) is 0.423. The van der Waals surface area contributed by atoms with Gasteiger partial charge in [-0.15, -0.1) is 0 Å². The van der Waals surface area contributed by atoms with Crippen molar-refractivity contribution in [2.45, 2.75) is 19.1 Å². The maximum Gasteiger partial charge on any atom is 0.266 e. The van der Waals surface area contributed by atoms with Crippen LogP contribution in [0.15, 0.2) is 66.7 Å². The topological polar surface area (TPSA) is 86.8 Å². The van der Waals surface area contributed by atoms with Crippen LogP contribution in [0.5, 0.6) is 23.0 Å². The molecule has 2 fully saturated rings. The lowest BCUT2D eigenvalue weighted by molar-refractivity contribution is -0.126. The van der Waals surface area contributed by atoms with Crippen LogP contribution in [0.25, 0.3) is 0 Å². The Hall–Kier alpha value is -4.24. The first-order valence-corrected chi connectivity index (χ1v) is 11.9. The summed E-state index contributed by atoms with van der Waals surface area (Å²) < 4.78 is 22.1. The molecule has 2 amide bonds. The number of amides is 2. The first-order chi connectivity index (χ1) is 18.0. The number of para-hydroxylation sites is 1.